The molecule has 98 valence electrons. The molecule has 18 heavy (non-hydrogen) atoms. The zero-order valence-corrected chi connectivity index (χ0v) is 11.0. The first-order chi connectivity index (χ1) is 8.52. The number of nitrogens with two attached hydrogens (primary N) is 1. The van der Waals surface area contributed by atoms with Crippen molar-refractivity contribution in [2.45, 2.75) is 19.4 Å². The highest BCUT2D eigenvalue weighted by Gasteiger charge is 2.32. The van der Waals surface area contributed by atoms with Crippen LogP contribution in [0.1, 0.15) is 23.7 Å². The van der Waals surface area contributed by atoms with Crippen LogP contribution >= 0.6 is 11.6 Å². The van der Waals surface area contributed by atoms with Crippen molar-refractivity contribution in [2.24, 2.45) is 11.7 Å². The van der Waals surface area contributed by atoms with Crippen LogP contribution in [0.2, 0.25) is 5.02 Å². The third kappa shape index (κ3) is 2.49. The Bertz CT molecular complexity index is 466. The molecule has 0 aliphatic carbocycles. The molecule has 1 aromatic carbocycles. The Hall–Kier alpha value is -1.13. The lowest BCUT2D eigenvalue weighted by molar-refractivity contribution is 0.0743. The summed E-state index contributed by atoms with van der Waals surface area (Å²) in [6.45, 7) is 3.21. The molecule has 2 atom stereocenters. The van der Waals surface area contributed by atoms with Gasteiger partial charge in [0.25, 0.3) is 5.91 Å². The normalized spacial score (nSPS) is 23.4. The Morgan fingerprint density at radius 1 is 1.61 bits per heavy atom. The number of rotatable bonds is 2. The molecule has 2 unspecified atom stereocenters. The molecule has 1 aliphatic heterocycles. The minimum atomic E-state index is -0.439. The maximum Gasteiger partial charge on any atom is 0.255 e. The largest absolute Gasteiger partial charge is 0.336 e. The monoisotopic (exact) mass is 270 g/mol. The second-order valence-corrected chi connectivity index (χ2v) is 5.18. The van der Waals surface area contributed by atoms with Gasteiger partial charge in [-0.05, 0) is 44.0 Å². The average molecular weight is 271 g/mol. The lowest BCUT2D eigenvalue weighted by Crippen LogP contribution is -2.34. The molecule has 0 aromatic heterocycles. The predicted octanol–water partition coefficient (Wildman–Crippen LogP) is 2.29. The van der Waals surface area contributed by atoms with Crippen LogP contribution in [0.4, 0.5) is 4.39 Å². The van der Waals surface area contributed by atoms with Crippen LogP contribution in [0.15, 0.2) is 18.2 Å². The number of nitrogens with zero attached hydrogens (tertiary/aromatic N) is 1. The summed E-state index contributed by atoms with van der Waals surface area (Å²) < 4.78 is 13.0. The highest BCUT2D eigenvalue weighted by atomic mass is 35.5. The van der Waals surface area contributed by atoms with E-state index in [1.54, 1.807) is 4.90 Å². The first kappa shape index (κ1) is 13.3. The van der Waals surface area contributed by atoms with Gasteiger partial charge in [0.15, 0.2) is 0 Å². The van der Waals surface area contributed by atoms with Crippen molar-refractivity contribution in [3.63, 3.8) is 0 Å². The van der Waals surface area contributed by atoms with Crippen molar-refractivity contribution in [3.8, 4) is 0 Å². The SMILES string of the molecule is CC1CC(CN)CN1C(=O)c1ccc(F)cc1Cl. The lowest BCUT2D eigenvalue weighted by atomic mass is 10.1. The van der Waals surface area contributed by atoms with Crippen molar-refractivity contribution in [1.29, 1.82) is 0 Å². The molecule has 5 heteroatoms. The van der Waals surface area contributed by atoms with E-state index in [4.69, 9.17) is 17.3 Å². The molecule has 1 amide bonds. The average Bonchev–Trinajstić information content (AvgIpc) is 2.70. The maximum absolute atomic E-state index is 13.0. The fourth-order valence-corrected chi connectivity index (χ4v) is 2.66. The van der Waals surface area contributed by atoms with Crippen molar-refractivity contribution >= 4 is 17.5 Å². The van der Waals surface area contributed by atoms with Crippen LogP contribution in [0, 0.1) is 11.7 Å². The zero-order chi connectivity index (χ0) is 13.3. The molecule has 1 aromatic rings. The van der Waals surface area contributed by atoms with Crippen LogP contribution in [-0.2, 0) is 0 Å². The molecule has 3 nitrogen and oxygen atoms in total. The van der Waals surface area contributed by atoms with E-state index in [0.717, 1.165) is 12.5 Å². The number of carbonyl (C=O) groups excluding carboxylic acids is 1. The van der Waals surface area contributed by atoms with Crippen LogP contribution in [0.5, 0.6) is 0 Å². The Kier molecular flexibility index (Phi) is 3.88. The van der Waals surface area contributed by atoms with Gasteiger partial charge in [-0.2, -0.15) is 0 Å². The van der Waals surface area contributed by atoms with E-state index < -0.39 is 5.82 Å². The molecular weight excluding hydrogens is 255 g/mol. The van der Waals surface area contributed by atoms with Gasteiger partial charge >= 0.3 is 0 Å². The van der Waals surface area contributed by atoms with Gasteiger partial charge in [0.05, 0.1) is 10.6 Å². The van der Waals surface area contributed by atoms with E-state index in [2.05, 4.69) is 0 Å². The van der Waals surface area contributed by atoms with Crippen molar-refractivity contribution in [1.82, 2.24) is 4.90 Å². The fraction of sp³-hybridized carbons (Fsp3) is 0.462. The van der Waals surface area contributed by atoms with Gasteiger partial charge in [-0.3, -0.25) is 4.79 Å². The van der Waals surface area contributed by atoms with Crippen molar-refractivity contribution < 1.29 is 9.18 Å². The van der Waals surface area contributed by atoms with E-state index in [0.29, 0.717) is 24.6 Å². The first-order valence-corrected chi connectivity index (χ1v) is 6.36. The van der Waals surface area contributed by atoms with E-state index in [-0.39, 0.29) is 17.0 Å². The van der Waals surface area contributed by atoms with Gasteiger partial charge in [-0.25, -0.2) is 4.39 Å². The van der Waals surface area contributed by atoms with Gasteiger partial charge in [0, 0.05) is 12.6 Å². The fourth-order valence-electron chi connectivity index (χ4n) is 2.41. The number of benzene rings is 1. The quantitative estimate of drug-likeness (QED) is 0.896. The topological polar surface area (TPSA) is 46.3 Å². The Morgan fingerprint density at radius 3 is 2.89 bits per heavy atom. The smallest absolute Gasteiger partial charge is 0.255 e. The van der Waals surface area contributed by atoms with Gasteiger partial charge in [0.1, 0.15) is 5.82 Å². The summed E-state index contributed by atoms with van der Waals surface area (Å²) in [6.07, 6.45) is 0.904. The van der Waals surface area contributed by atoms with Gasteiger partial charge < -0.3 is 10.6 Å². The summed E-state index contributed by atoms with van der Waals surface area (Å²) >= 11 is 5.91. The Morgan fingerprint density at radius 2 is 2.33 bits per heavy atom. The third-order valence-corrected chi connectivity index (χ3v) is 3.73. The van der Waals surface area contributed by atoms with Crippen molar-refractivity contribution in [2.75, 3.05) is 13.1 Å². The van der Waals surface area contributed by atoms with E-state index >= 15 is 0 Å². The summed E-state index contributed by atoms with van der Waals surface area (Å²) in [7, 11) is 0. The van der Waals surface area contributed by atoms with Gasteiger partial charge in [-0.15, -0.1) is 0 Å². The number of carbonyl (C=O) groups is 1. The Balaban J connectivity index is 2.21. The van der Waals surface area contributed by atoms with Crippen LogP contribution in [-0.4, -0.2) is 29.9 Å². The maximum atomic E-state index is 13.0. The van der Waals surface area contributed by atoms with Crippen LogP contribution < -0.4 is 5.73 Å². The molecule has 0 bridgehead atoms. The number of likely N-dealkylation sites (tertiary alicyclic amines) is 1. The molecular formula is C13H16ClFN2O. The molecule has 1 saturated heterocycles. The highest BCUT2D eigenvalue weighted by Crippen LogP contribution is 2.26. The molecule has 2 rings (SSSR count). The van der Waals surface area contributed by atoms with Crippen LogP contribution in [0.3, 0.4) is 0 Å². The molecule has 1 heterocycles. The summed E-state index contributed by atoms with van der Waals surface area (Å²) in [5.74, 6) is -0.252. The van der Waals surface area contributed by atoms with Gasteiger partial charge in [-0.1, -0.05) is 11.6 Å². The number of halogens is 2. The minimum absolute atomic E-state index is 0.146. The third-order valence-electron chi connectivity index (χ3n) is 3.42. The zero-order valence-electron chi connectivity index (χ0n) is 10.2. The van der Waals surface area contributed by atoms with E-state index in [1.165, 1.54) is 12.1 Å². The van der Waals surface area contributed by atoms with E-state index in [9.17, 15) is 9.18 Å². The van der Waals surface area contributed by atoms with Gasteiger partial charge in [0.2, 0.25) is 0 Å². The molecule has 2 N–H and O–H groups in total. The predicted molar refractivity (Wildman–Crippen MR) is 69.1 cm³/mol. The number of amides is 1. The number of hydrogen-bond donors (Lipinski definition) is 1. The number of hydrogen-bond acceptors (Lipinski definition) is 2. The summed E-state index contributed by atoms with van der Waals surface area (Å²) in [4.78, 5) is 14.1. The minimum Gasteiger partial charge on any atom is -0.336 e. The summed E-state index contributed by atoms with van der Waals surface area (Å²) in [5, 5.41) is 0.156. The highest BCUT2D eigenvalue weighted by molar-refractivity contribution is 6.33. The Labute approximate surface area is 111 Å². The summed E-state index contributed by atoms with van der Waals surface area (Å²) in [6, 6.07) is 3.99. The molecule has 1 fully saturated rings. The summed E-state index contributed by atoms with van der Waals surface area (Å²) in [5.41, 5.74) is 5.98. The molecule has 0 radical (unpaired) electrons. The van der Waals surface area contributed by atoms with Crippen molar-refractivity contribution in [3.05, 3.63) is 34.6 Å². The second kappa shape index (κ2) is 5.24. The van der Waals surface area contributed by atoms with E-state index in [1.807, 2.05) is 6.92 Å². The molecule has 1 aliphatic rings. The first-order valence-electron chi connectivity index (χ1n) is 5.99. The molecule has 0 spiro atoms. The lowest BCUT2D eigenvalue weighted by Gasteiger charge is -2.22. The molecule has 0 saturated carbocycles. The van der Waals surface area contributed by atoms with Crippen LogP contribution in [0.25, 0.3) is 0 Å². The second-order valence-electron chi connectivity index (χ2n) is 4.77. The standard InChI is InChI=1S/C13H16ClFN2O/c1-8-4-9(6-16)7-17(8)13(18)11-3-2-10(15)5-12(11)14/h2-3,5,8-9H,4,6-7,16H2,1H3.